The molecule has 0 aliphatic carbocycles. The number of rotatable bonds is 6. The fourth-order valence-electron chi connectivity index (χ4n) is 2.83. The molecule has 0 radical (unpaired) electrons. The Bertz CT molecular complexity index is 880. The molecule has 2 aromatic rings. The first-order valence-corrected chi connectivity index (χ1v) is 13.1. The van der Waals surface area contributed by atoms with Crippen LogP contribution < -0.4 is 0 Å². The van der Waals surface area contributed by atoms with E-state index in [4.69, 9.17) is 24.4 Å². The second kappa shape index (κ2) is 12.5. The quantitative estimate of drug-likeness (QED) is 0.201. The predicted molar refractivity (Wildman–Crippen MR) is 135 cm³/mol. The Labute approximate surface area is 213 Å². The van der Waals surface area contributed by atoms with Gasteiger partial charge in [0.15, 0.2) is 0 Å². The van der Waals surface area contributed by atoms with Crippen LogP contribution in [0.5, 0.6) is 0 Å². The number of thiocarbonyl (C=S) groups is 2. The predicted octanol–water partition coefficient (Wildman–Crippen LogP) is 8.02. The molecular formula is C22H22F6N2S4. The minimum absolute atomic E-state index is 0.358. The van der Waals surface area contributed by atoms with Gasteiger partial charge in [-0.05, 0) is 70.8 Å². The van der Waals surface area contributed by atoms with Gasteiger partial charge >= 0.3 is 12.4 Å². The first-order chi connectivity index (χ1) is 15.8. The molecule has 0 N–H and O–H groups in total. The molecule has 2 nitrogen and oxygen atoms in total. The summed E-state index contributed by atoms with van der Waals surface area (Å²) in [4.78, 5) is 3.70. The van der Waals surface area contributed by atoms with Crippen molar-refractivity contribution in [3.8, 4) is 0 Å². The Hall–Kier alpha value is -1.50. The van der Waals surface area contributed by atoms with E-state index in [1.54, 1.807) is 0 Å². The molecule has 2 rings (SSSR count). The van der Waals surface area contributed by atoms with Crippen molar-refractivity contribution < 1.29 is 26.3 Å². The zero-order chi connectivity index (χ0) is 25.5. The average Bonchev–Trinajstić information content (AvgIpc) is 2.78. The summed E-state index contributed by atoms with van der Waals surface area (Å²) in [6, 6.07) is 9.90. The molecule has 0 bridgehead atoms. The van der Waals surface area contributed by atoms with Crippen molar-refractivity contribution in [2.24, 2.45) is 0 Å². The smallest absolute Gasteiger partial charge is 0.353 e. The van der Waals surface area contributed by atoms with E-state index >= 15 is 0 Å². The van der Waals surface area contributed by atoms with Crippen molar-refractivity contribution in [1.29, 1.82) is 0 Å². The van der Waals surface area contributed by atoms with Gasteiger partial charge in [0.05, 0.1) is 11.1 Å². The SMILES string of the molecule is CCN(Cc1ccc(C(F)(F)F)cc1)C(=S)SSC(=S)N(CC)Cc1ccc(C(F)(F)F)cc1. The van der Waals surface area contributed by atoms with E-state index in [9.17, 15) is 26.3 Å². The summed E-state index contributed by atoms with van der Waals surface area (Å²) in [6.45, 7) is 5.62. The Morgan fingerprint density at radius 2 is 0.941 bits per heavy atom. The molecule has 0 atom stereocenters. The van der Waals surface area contributed by atoms with Crippen LogP contribution in [-0.2, 0) is 25.4 Å². The third-order valence-electron chi connectivity index (χ3n) is 4.77. The largest absolute Gasteiger partial charge is 0.416 e. The monoisotopic (exact) mass is 556 g/mol. The summed E-state index contributed by atoms with van der Waals surface area (Å²) >= 11 is 11.0. The zero-order valence-electron chi connectivity index (χ0n) is 18.2. The van der Waals surface area contributed by atoms with Crippen molar-refractivity contribution in [2.75, 3.05) is 13.1 Å². The number of hydrogen-bond donors (Lipinski definition) is 0. The van der Waals surface area contributed by atoms with Crippen molar-refractivity contribution in [3.05, 3.63) is 70.8 Å². The minimum Gasteiger partial charge on any atom is -0.353 e. The average molecular weight is 557 g/mol. The summed E-state index contributed by atoms with van der Waals surface area (Å²) in [5, 5.41) is 0. The summed E-state index contributed by atoms with van der Waals surface area (Å²) in [5.41, 5.74) is -0.0135. The second-order valence-corrected chi connectivity index (χ2v) is 10.5. The van der Waals surface area contributed by atoms with Crippen molar-refractivity contribution in [1.82, 2.24) is 9.80 Å². The number of nitrogens with zero attached hydrogens (tertiary/aromatic N) is 2. The molecule has 0 amide bonds. The van der Waals surface area contributed by atoms with Crippen LogP contribution in [0.25, 0.3) is 0 Å². The molecule has 0 saturated heterocycles. The van der Waals surface area contributed by atoms with E-state index in [2.05, 4.69) is 0 Å². The van der Waals surface area contributed by atoms with Crippen LogP contribution in [0.15, 0.2) is 48.5 Å². The minimum atomic E-state index is -4.38. The van der Waals surface area contributed by atoms with Gasteiger partial charge < -0.3 is 9.80 Å². The van der Waals surface area contributed by atoms with Gasteiger partial charge in [-0.25, -0.2) is 0 Å². The molecule has 0 aromatic heterocycles. The van der Waals surface area contributed by atoms with Crippen LogP contribution in [-0.4, -0.2) is 31.5 Å². The van der Waals surface area contributed by atoms with Gasteiger partial charge in [0.2, 0.25) is 0 Å². The maximum absolute atomic E-state index is 12.8. The molecule has 12 heteroatoms. The Balaban J connectivity index is 1.92. The van der Waals surface area contributed by atoms with Crippen LogP contribution in [0.1, 0.15) is 36.1 Å². The van der Waals surface area contributed by atoms with Gasteiger partial charge in [-0.3, -0.25) is 0 Å². The van der Waals surface area contributed by atoms with Crippen LogP contribution in [0.4, 0.5) is 26.3 Å². The topological polar surface area (TPSA) is 6.48 Å². The van der Waals surface area contributed by atoms with Gasteiger partial charge in [0.1, 0.15) is 8.64 Å². The van der Waals surface area contributed by atoms with Crippen molar-refractivity contribution >= 4 is 54.7 Å². The third kappa shape index (κ3) is 8.62. The molecule has 0 spiro atoms. The van der Waals surface area contributed by atoms with E-state index in [0.29, 0.717) is 45.9 Å². The van der Waals surface area contributed by atoms with Crippen LogP contribution in [0, 0.1) is 0 Å². The second-order valence-electron chi connectivity index (χ2n) is 7.12. The van der Waals surface area contributed by atoms with Crippen molar-refractivity contribution in [3.63, 3.8) is 0 Å². The lowest BCUT2D eigenvalue weighted by atomic mass is 10.1. The van der Waals surface area contributed by atoms with Gasteiger partial charge in [-0.15, -0.1) is 0 Å². The summed E-state index contributed by atoms with van der Waals surface area (Å²) < 4.78 is 77.6. The number of benzene rings is 2. The molecule has 2 aromatic carbocycles. The summed E-state index contributed by atoms with van der Waals surface area (Å²) in [7, 11) is 2.53. The number of hydrogen-bond acceptors (Lipinski definition) is 4. The number of alkyl halides is 6. The highest BCUT2D eigenvalue weighted by atomic mass is 33.1. The van der Waals surface area contributed by atoms with E-state index in [1.807, 2.05) is 23.6 Å². The van der Waals surface area contributed by atoms with E-state index in [1.165, 1.54) is 45.9 Å². The fraction of sp³-hybridized carbons (Fsp3) is 0.364. The maximum atomic E-state index is 12.8. The molecular weight excluding hydrogens is 535 g/mol. The van der Waals surface area contributed by atoms with Crippen LogP contribution in [0.2, 0.25) is 0 Å². The molecule has 186 valence electrons. The lowest BCUT2D eigenvalue weighted by Crippen LogP contribution is -2.28. The van der Waals surface area contributed by atoms with Gasteiger partial charge in [-0.1, -0.05) is 48.7 Å². The van der Waals surface area contributed by atoms with Gasteiger partial charge in [0.25, 0.3) is 0 Å². The molecule has 0 heterocycles. The highest BCUT2D eigenvalue weighted by Gasteiger charge is 2.30. The van der Waals surface area contributed by atoms with Gasteiger partial charge in [0, 0.05) is 26.2 Å². The Kier molecular flexibility index (Phi) is 10.5. The van der Waals surface area contributed by atoms with Crippen LogP contribution in [0.3, 0.4) is 0 Å². The summed E-state index contributed by atoms with van der Waals surface area (Å²) in [6.07, 6.45) is -8.77. The highest BCUT2D eigenvalue weighted by Crippen LogP contribution is 2.32. The summed E-state index contributed by atoms with van der Waals surface area (Å²) in [5.74, 6) is 0. The normalized spacial score (nSPS) is 11.9. The standard InChI is InChI=1S/C22H22F6N2S4/c1-3-29(13-15-5-9-17(10-6-15)21(23,24)25)19(31)33-34-20(32)30(4-2)14-16-7-11-18(12-8-16)22(26,27)28/h5-12H,3-4,13-14H2,1-2H3. The van der Waals surface area contributed by atoms with E-state index in [-0.39, 0.29) is 0 Å². The molecule has 0 aliphatic heterocycles. The molecule has 34 heavy (non-hydrogen) atoms. The first-order valence-electron chi connectivity index (χ1n) is 10.1. The highest BCUT2D eigenvalue weighted by molar-refractivity contribution is 8.89. The fourth-order valence-corrected chi connectivity index (χ4v) is 5.63. The maximum Gasteiger partial charge on any atom is 0.416 e. The lowest BCUT2D eigenvalue weighted by molar-refractivity contribution is -0.138. The Morgan fingerprint density at radius 1 is 0.647 bits per heavy atom. The van der Waals surface area contributed by atoms with Crippen LogP contribution >= 0.6 is 46.0 Å². The van der Waals surface area contributed by atoms with Crippen molar-refractivity contribution in [2.45, 2.75) is 39.3 Å². The molecule has 0 aliphatic rings. The third-order valence-corrected chi connectivity index (χ3v) is 8.50. The number of halogens is 6. The van der Waals surface area contributed by atoms with Gasteiger partial charge in [-0.2, -0.15) is 26.3 Å². The zero-order valence-corrected chi connectivity index (χ0v) is 21.5. The van der Waals surface area contributed by atoms with E-state index in [0.717, 1.165) is 24.3 Å². The van der Waals surface area contributed by atoms with E-state index < -0.39 is 23.5 Å². The molecule has 0 fully saturated rings. The molecule has 0 saturated carbocycles. The Morgan fingerprint density at radius 3 is 1.18 bits per heavy atom. The molecule has 0 unspecified atom stereocenters. The first kappa shape index (κ1) is 28.7. The lowest BCUT2D eigenvalue weighted by Gasteiger charge is -2.25.